The lowest BCUT2D eigenvalue weighted by Gasteiger charge is -2.30. The van der Waals surface area contributed by atoms with Crippen molar-refractivity contribution in [3.05, 3.63) is 53.7 Å². The van der Waals surface area contributed by atoms with Crippen LogP contribution in [0.2, 0.25) is 0 Å². The number of rotatable bonds is 5. The summed E-state index contributed by atoms with van der Waals surface area (Å²) in [4.78, 5) is 3.96. The van der Waals surface area contributed by atoms with E-state index in [-0.39, 0.29) is 16.6 Å². The molecule has 0 amide bonds. The zero-order chi connectivity index (χ0) is 14.9. The summed E-state index contributed by atoms with van der Waals surface area (Å²) >= 11 is 0. The van der Waals surface area contributed by atoms with Crippen LogP contribution in [-0.2, 0) is 16.4 Å². The molecule has 21 heavy (non-hydrogen) atoms. The number of sulfonamides is 1. The molecule has 2 aromatic rings. The van der Waals surface area contributed by atoms with Crippen molar-refractivity contribution in [3.63, 3.8) is 0 Å². The Bertz CT molecular complexity index is 761. The highest BCUT2D eigenvalue weighted by Gasteiger charge is 2.27. The van der Waals surface area contributed by atoms with E-state index in [0.717, 1.165) is 6.42 Å². The van der Waals surface area contributed by atoms with E-state index in [1.807, 2.05) is 18.2 Å². The number of anilines is 1. The van der Waals surface area contributed by atoms with Crippen molar-refractivity contribution in [1.29, 1.82) is 0 Å². The summed E-state index contributed by atoms with van der Waals surface area (Å²) in [5.41, 5.74) is 4.80. The third-order valence-electron chi connectivity index (χ3n) is 3.68. The van der Waals surface area contributed by atoms with Gasteiger partial charge in [0.25, 0.3) is 0 Å². The van der Waals surface area contributed by atoms with Crippen LogP contribution < -0.4 is 16.0 Å². The quantitative estimate of drug-likeness (QED) is 0.565. The highest BCUT2D eigenvalue weighted by molar-refractivity contribution is 7.89. The number of pyridine rings is 1. The number of nitrogens with two attached hydrogens (primary N) is 1. The summed E-state index contributed by atoms with van der Waals surface area (Å²) in [5, 5.41) is 0. The molecule has 1 aromatic heterocycles. The topological polar surface area (TPSA) is 97.1 Å². The summed E-state index contributed by atoms with van der Waals surface area (Å²) < 4.78 is 27.3. The van der Waals surface area contributed by atoms with E-state index in [1.165, 1.54) is 23.4 Å². The molecule has 0 spiro atoms. The molecule has 3 rings (SSSR count). The molecular weight excluding hydrogens is 288 g/mol. The Morgan fingerprint density at radius 2 is 2.05 bits per heavy atom. The summed E-state index contributed by atoms with van der Waals surface area (Å²) in [6.07, 6.45) is 2.38. The van der Waals surface area contributed by atoms with Gasteiger partial charge in [-0.15, -0.1) is 0 Å². The molecule has 0 radical (unpaired) electrons. The van der Waals surface area contributed by atoms with Crippen LogP contribution in [0, 0.1) is 0 Å². The van der Waals surface area contributed by atoms with Gasteiger partial charge in [-0.3, -0.25) is 0 Å². The number of nitrogen functional groups attached to an aromatic ring is 1. The predicted molar refractivity (Wildman–Crippen MR) is 80.1 cm³/mol. The van der Waals surface area contributed by atoms with Crippen molar-refractivity contribution in [2.45, 2.75) is 17.2 Å². The number of hydrazine groups is 1. The smallest absolute Gasteiger partial charge is 0.244 e. The van der Waals surface area contributed by atoms with Crippen LogP contribution in [0.3, 0.4) is 0 Å². The van der Waals surface area contributed by atoms with Gasteiger partial charge >= 0.3 is 0 Å². The van der Waals surface area contributed by atoms with Crippen LogP contribution in [0.4, 0.5) is 5.82 Å². The molecule has 1 atom stereocenters. The maximum absolute atomic E-state index is 12.3. The van der Waals surface area contributed by atoms with Gasteiger partial charge in [0.1, 0.15) is 4.90 Å². The van der Waals surface area contributed by atoms with E-state index in [0.29, 0.717) is 6.54 Å². The van der Waals surface area contributed by atoms with Crippen molar-refractivity contribution >= 4 is 15.8 Å². The van der Waals surface area contributed by atoms with Crippen LogP contribution in [0.5, 0.6) is 0 Å². The van der Waals surface area contributed by atoms with Crippen LogP contribution >= 0.6 is 0 Å². The largest absolute Gasteiger partial charge is 0.307 e. The maximum Gasteiger partial charge on any atom is 0.244 e. The molecule has 1 aliphatic rings. The van der Waals surface area contributed by atoms with Crippen molar-refractivity contribution < 1.29 is 8.42 Å². The molecule has 0 saturated carbocycles. The second-order valence-corrected chi connectivity index (χ2v) is 6.68. The summed E-state index contributed by atoms with van der Waals surface area (Å²) in [7, 11) is -3.63. The fourth-order valence-electron chi connectivity index (χ4n) is 2.55. The molecule has 0 aliphatic heterocycles. The first-order valence-electron chi connectivity index (χ1n) is 6.61. The summed E-state index contributed by atoms with van der Waals surface area (Å²) in [6, 6.07) is 11.1. The Morgan fingerprint density at radius 3 is 2.81 bits per heavy atom. The van der Waals surface area contributed by atoms with Gasteiger partial charge in [0.2, 0.25) is 10.0 Å². The molecular formula is C14H16N4O2S. The molecule has 1 aliphatic carbocycles. The molecule has 1 heterocycles. The first-order valence-corrected chi connectivity index (χ1v) is 8.09. The third-order valence-corrected chi connectivity index (χ3v) is 5.13. The van der Waals surface area contributed by atoms with Crippen molar-refractivity contribution in [2.75, 3.05) is 12.0 Å². The van der Waals surface area contributed by atoms with Gasteiger partial charge in [-0.1, -0.05) is 24.3 Å². The minimum Gasteiger partial charge on any atom is -0.307 e. The number of hydrogen-bond donors (Lipinski definition) is 3. The SMILES string of the molecule is NNc1ncccc1S(=O)(=O)NCC1Cc2ccccc21. The average Bonchev–Trinajstić information content (AvgIpc) is 2.48. The standard InChI is InChI=1S/C14H16N4O2S/c15-18-14-13(6-3-7-16-14)21(19,20)17-9-11-8-10-4-1-2-5-12(10)11/h1-7,11,17H,8-9,15H2,(H,16,18). The van der Waals surface area contributed by atoms with Gasteiger partial charge in [-0.2, -0.15) is 0 Å². The number of aromatic nitrogens is 1. The first kappa shape index (κ1) is 14.0. The fourth-order valence-corrected chi connectivity index (χ4v) is 3.75. The number of fused-ring (bicyclic) bond motifs is 1. The van der Waals surface area contributed by atoms with E-state index in [9.17, 15) is 8.42 Å². The second-order valence-electron chi connectivity index (χ2n) is 4.95. The molecule has 6 nitrogen and oxygen atoms in total. The molecule has 4 N–H and O–H groups in total. The number of nitrogens with one attached hydrogen (secondary N) is 2. The normalized spacial score (nSPS) is 16.9. The third kappa shape index (κ3) is 2.63. The zero-order valence-corrected chi connectivity index (χ0v) is 12.1. The van der Waals surface area contributed by atoms with E-state index < -0.39 is 10.0 Å². The lowest BCUT2D eigenvalue weighted by Crippen LogP contribution is -2.33. The van der Waals surface area contributed by atoms with Gasteiger partial charge in [-0.25, -0.2) is 24.0 Å². The van der Waals surface area contributed by atoms with Crippen LogP contribution in [0.1, 0.15) is 17.0 Å². The molecule has 0 fully saturated rings. The van der Waals surface area contributed by atoms with Crippen molar-refractivity contribution in [1.82, 2.24) is 9.71 Å². The Hall–Kier alpha value is -1.96. The molecule has 7 heteroatoms. The minimum atomic E-state index is -3.63. The van der Waals surface area contributed by atoms with Gasteiger partial charge in [0, 0.05) is 18.7 Å². The Morgan fingerprint density at radius 1 is 1.24 bits per heavy atom. The average molecular weight is 304 g/mol. The molecule has 1 unspecified atom stereocenters. The van der Waals surface area contributed by atoms with Crippen LogP contribution in [0.25, 0.3) is 0 Å². The lowest BCUT2D eigenvalue weighted by molar-refractivity contribution is 0.552. The second kappa shape index (κ2) is 5.44. The van der Waals surface area contributed by atoms with E-state index >= 15 is 0 Å². The predicted octanol–water partition coefficient (Wildman–Crippen LogP) is 0.985. The molecule has 0 saturated heterocycles. The minimum absolute atomic E-state index is 0.0557. The molecule has 1 aromatic carbocycles. The molecule has 0 bridgehead atoms. The number of hydrogen-bond acceptors (Lipinski definition) is 5. The van der Waals surface area contributed by atoms with Gasteiger partial charge < -0.3 is 5.43 Å². The number of benzene rings is 1. The monoisotopic (exact) mass is 304 g/mol. The fraction of sp³-hybridized carbons (Fsp3) is 0.214. The van der Waals surface area contributed by atoms with Crippen LogP contribution in [0.15, 0.2) is 47.5 Å². The van der Waals surface area contributed by atoms with Gasteiger partial charge in [0.05, 0.1) is 0 Å². The van der Waals surface area contributed by atoms with Gasteiger partial charge in [-0.05, 0) is 29.7 Å². The van der Waals surface area contributed by atoms with Crippen LogP contribution in [-0.4, -0.2) is 19.9 Å². The summed E-state index contributed by atoms with van der Waals surface area (Å²) in [5.74, 6) is 5.66. The maximum atomic E-state index is 12.3. The van der Waals surface area contributed by atoms with Gasteiger partial charge in [0.15, 0.2) is 5.82 Å². The summed E-state index contributed by atoms with van der Waals surface area (Å²) in [6.45, 7) is 0.373. The Kier molecular flexibility index (Phi) is 3.62. The van der Waals surface area contributed by atoms with Crippen molar-refractivity contribution in [3.8, 4) is 0 Å². The van der Waals surface area contributed by atoms with Crippen molar-refractivity contribution in [2.24, 2.45) is 5.84 Å². The number of nitrogens with zero attached hydrogens (tertiary/aromatic N) is 1. The first-order chi connectivity index (χ1) is 10.1. The highest BCUT2D eigenvalue weighted by Crippen LogP contribution is 2.34. The Labute approximate surface area is 123 Å². The Balaban J connectivity index is 1.73. The lowest BCUT2D eigenvalue weighted by atomic mass is 9.78. The van der Waals surface area contributed by atoms with E-state index in [4.69, 9.17) is 5.84 Å². The van der Waals surface area contributed by atoms with E-state index in [2.05, 4.69) is 21.2 Å². The zero-order valence-electron chi connectivity index (χ0n) is 11.3. The molecule has 110 valence electrons. The van der Waals surface area contributed by atoms with E-state index in [1.54, 1.807) is 6.07 Å². The highest BCUT2D eigenvalue weighted by atomic mass is 32.2.